The monoisotopic (exact) mass is 365 g/mol. The second kappa shape index (κ2) is 4.54. The van der Waals surface area contributed by atoms with Crippen LogP contribution in [0.2, 0.25) is 5.02 Å². The fourth-order valence-corrected chi connectivity index (χ4v) is 4.90. The van der Waals surface area contributed by atoms with Gasteiger partial charge in [0.05, 0.1) is 16.4 Å². The van der Waals surface area contributed by atoms with E-state index in [1.54, 1.807) is 0 Å². The molecular formula is C24H12ClNO. The van der Waals surface area contributed by atoms with Crippen LogP contribution in [0.1, 0.15) is 0 Å². The Morgan fingerprint density at radius 1 is 0.704 bits per heavy atom. The van der Waals surface area contributed by atoms with E-state index < -0.39 is 0 Å². The highest BCUT2D eigenvalue weighted by molar-refractivity contribution is 6.34. The van der Waals surface area contributed by atoms with Crippen LogP contribution in [0.5, 0.6) is 0 Å². The van der Waals surface area contributed by atoms with Gasteiger partial charge < -0.3 is 8.82 Å². The number of nitrogens with zero attached hydrogens (tertiary/aromatic N) is 1. The number of hydrogen-bond donors (Lipinski definition) is 0. The summed E-state index contributed by atoms with van der Waals surface area (Å²) < 4.78 is 8.71. The highest BCUT2D eigenvalue weighted by Gasteiger charge is 2.22. The molecule has 0 saturated heterocycles. The molecule has 3 heteroatoms. The van der Waals surface area contributed by atoms with Gasteiger partial charge in [0.25, 0.3) is 0 Å². The molecule has 0 spiro atoms. The molecule has 0 amide bonds. The highest BCUT2D eigenvalue weighted by Crippen LogP contribution is 2.44. The minimum Gasteiger partial charge on any atom is -0.454 e. The maximum Gasteiger partial charge on any atom is 0.161 e. The lowest BCUT2D eigenvalue weighted by molar-refractivity contribution is 0.673. The lowest BCUT2D eigenvalue weighted by Gasteiger charge is -2.02. The van der Waals surface area contributed by atoms with Crippen LogP contribution in [0.25, 0.3) is 60.0 Å². The van der Waals surface area contributed by atoms with Crippen LogP contribution in [0.15, 0.2) is 77.2 Å². The third kappa shape index (κ3) is 1.54. The second-order valence-corrected chi connectivity index (χ2v) is 7.57. The fraction of sp³-hybridized carbons (Fsp3) is 0. The van der Waals surface area contributed by atoms with E-state index >= 15 is 0 Å². The molecule has 0 fully saturated rings. The number of benzene rings is 4. The summed E-state index contributed by atoms with van der Waals surface area (Å²) >= 11 is 6.33. The van der Waals surface area contributed by atoms with Crippen molar-refractivity contribution < 1.29 is 4.42 Å². The maximum absolute atomic E-state index is 6.37. The van der Waals surface area contributed by atoms with Crippen molar-refractivity contribution in [3.8, 4) is 0 Å². The van der Waals surface area contributed by atoms with Crippen LogP contribution in [-0.2, 0) is 0 Å². The quantitative estimate of drug-likeness (QED) is 0.274. The number of rotatable bonds is 0. The predicted octanol–water partition coefficient (Wildman–Crippen LogP) is 7.39. The summed E-state index contributed by atoms with van der Waals surface area (Å²) in [4.78, 5) is 0. The summed E-state index contributed by atoms with van der Waals surface area (Å²) in [5, 5.41) is 7.93. The molecule has 27 heavy (non-hydrogen) atoms. The fourth-order valence-electron chi connectivity index (χ4n) is 4.72. The molecule has 0 N–H and O–H groups in total. The van der Waals surface area contributed by atoms with Crippen LogP contribution in [-0.4, -0.2) is 4.40 Å². The van der Waals surface area contributed by atoms with Crippen molar-refractivity contribution in [3.05, 3.63) is 77.8 Å². The number of para-hydroxylation sites is 1. The Balaban J connectivity index is 2.04. The van der Waals surface area contributed by atoms with E-state index in [2.05, 4.69) is 65.1 Å². The first kappa shape index (κ1) is 13.9. The average Bonchev–Trinajstić information content (AvgIpc) is 3.17. The summed E-state index contributed by atoms with van der Waals surface area (Å²) in [6, 6.07) is 25.4. The highest BCUT2D eigenvalue weighted by atomic mass is 35.5. The van der Waals surface area contributed by atoms with Crippen LogP contribution in [0.4, 0.5) is 0 Å². The number of aromatic nitrogens is 1. The first-order valence-electron chi connectivity index (χ1n) is 8.99. The van der Waals surface area contributed by atoms with Gasteiger partial charge in [0.15, 0.2) is 5.58 Å². The smallest absolute Gasteiger partial charge is 0.161 e. The van der Waals surface area contributed by atoms with Crippen molar-refractivity contribution in [2.24, 2.45) is 0 Å². The molecule has 2 nitrogen and oxygen atoms in total. The Morgan fingerprint density at radius 2 is 1.56 bits per heavy atom. The topological polar surface area (TPSA) is 17.6 Å². The summed E-state index contributed by atoms with van der Waals surface area (Å²) in [7, 11) is 0. The van der Waals surface area contributed by atoms with Crippen LogP contribution in [0, 0.1) is 0 Å². The first-order chi connectivity index (χ1) is 13.3. The molecule has 0 bridgehead atoms. The zero-order valence-corrected chi connectivity index (χ0v) is 14.9. The Labute approximate surface area is 158 Å². The largest absolute Gasteiger partial charge is 0.454 e. The first-order valence-corrected chi connectivity index (χ1v) is 9.37. The van der Waals surface area contributed by atoms with Crippen LogP contribution < -0.4 is 0 Å². The molecule has 0 unspecified atom stereocenters. The minimum atomic E-state index is 0.720. The van der Waals surface area contributed by atoms with Crippen molar-refractivity contribution in [2.75, 3.05) is 0 Å². The van der Waals surface area contributed by atoms with Gasteiger partial charge in [0.1, 0.15) is 11.1 Å². The third-order valence-corrected chi connectivity index (χ3v) is 6.01. The maximum atomic E-state index is 6.37. The third-order valence-electron chi connectivity index (χ3n) is 5.77. The molecule has 3 aromatic heterocycles. The van der Waals surface area contributed by atoms with Crippen molar-refractivity contribution in [3.63, 3.8) is 0 Å². The van der Waals surface area contributed by atoms with Crippen molar-refractivity contribution in [1.29, 1.82) is 0 Å². The van der Waals surface area contributed by atoms with E-state index in [1.165, 1.54) is 32.4 Å². The van der Waals surface area contributed by atoms with Crippen molar-refractivity contribution in [1.82, 2.24) is 4.40 Å². The van der Waals surface area contributed by atoms with E-state index in [1.807, 2.05) is 12.1 Å². The SMILES string of the molecule is Clc1ccc2c(c1)c1oc3ccc4cccc5c6ccccc6n2c1c3c45. The summed E-state index contributed by atoms with van der Waals surface area (Å²) in [6.07, 6.45) is 0. The van der Waals surface area contributed by atoms with E-state index in [-0.39, 0.29) is 0 Å². The van der Waals surface area contributed by atoms with Gasteiger partial charge in [0, 0.05) is 21.2 Å². The van der Waals surface area contributed by atoms with Gasteiger partial charge in [-0.1, -0.05) is 54.1 Å². The molecular weight excluding hydrogens is 354 g/mol. The summed E-state index contributed by atoms with van der Waals surface area (Å²) in [5.74, 6) is 0. The predicted molar refractivity (Wildman–Crippen MR) is 113 cm³/mol. The number of furan rings is 1. The van der Waals surface area contributed by atoms with E-state index in [0.29, 0.717) is 0 Å². The normalized spacial score (nSPS) is 12.6. The Hall–Kier alpha value is -3.23. The number of halogens is 1. The molecule has 7 rings (SSSR count). The Morgan fingerprint density at radius 3 is 2.52 bits per heavy atom. The van der Waals surface area contributed by atoms with Gasteiger partial charge in [-0.25, -0.2) is 0 Å². The molecule has 0 aliphatic heterocycles. The average molecular weight is 366 g/mol. The molecule has 0 aliphatic rings. The second-order valence-electron chi connectivity index (χ2n) is 7.14. The van der Waals surface area contributed by atoms with E-state index in [0.717, 1.165) is 32.6 Å². The van der Waals surface area contributed by atoms with Gasteiger partial charge in [-0.15, -0.1) is 0 Å². The van der Waals surface area contributed by atoms with Crippen molar-refractivity contribution in [2.45, 2.75) is 0 Å². The van der Waals surface area contributed by atoms with Gasteiger partial charge >= 0.3 is 0 Å². The molecule has 7 aromatic rings. The van der Waals surface area contributed by atoms with Crippen molar-refractivity contribution >= 4 is 71.6 Å². The molecule has 0 radical (unpaired) electrons. The van der Waals surface area contributed by atoms with E-state index in [4.69, 9.17) is 16.0 Å². The zero-order valence-electron chi connectivity index (χ0n) is 14.2. The molecule has 0 aliphatic carbocycles. The van der Waals surface area contributed by atoms with Crippen LogP contribution in [0.3, 0.4) is 0 Å². The lowest BCUT2D eigenvalue weighted by Crippen LogP contribution is -1.83. The molecule has 4 aromatic carbocycles. The van der Waals surface area contributed by atoms with Crippen LogP contribution >= 0.6 is 11.6 Å². The lowest BCUT2D eigenvalue weighted by atomic mass is 10.0. The molecule has 126 valence electrons. The van der Waals surface area contributed by atoms with Gasteiger partial charge in [-0.2, -0.15) is 0 Å². The minimum absolute atomic E-state index is 0.720. The van der Waals surface area contributed by atoms with Gasteiger partial charge in [-0.05, 0) is 41.1 Å². The number of hydrogen-bond acceptors (Lipinski definition) is 1. The van der Waals surface area contributed by atoms with Gasteiger partial charge in [0.2, 0.25) is 0 Å². The number of fused-ring (bicyclic) bond motifs is 6. The molecule has 0 saturated carbocycles. The molecule has 0 atom stereocenters. The summed E-state index contributed by atoms with van der Waals surface area (Å²) in [5.41, 5.74) is 5.24. The van der Waals surface area contributed by atoms with Gasteiger partial charge in [-0.3, -0.25) is 0 Å². The molecule has 3 heterocycles. The Kier molecular flexibility index (Phi) is 2.34. The zero-order chi connectivity index (χ0) is 17.7. The Bertz CT molecular complexity index is 1690. The van der Waals surface area contributed by atoms with E-state index in [9.17, 15) is 0 Å². The summed E-state index contributed by atoms with van der Waals surface area (Å²) in [6.45, 7) is 0. The standard InChI is InChI=1S/C24H12ClNO/c25-14-9-10-19-17(12-14)24-23-22-20(27-24)11-8-13-4-3-6-16(21(13)22)15-5-1-2-7-18(15)26(19)23/h1-12H.